The average molecular weight is 268 g/mol. The lowest BCUT2D eigenvalue weighted by Gasteiger charge is -2.30. The van der Waals surface area contributed by atoms with E-state index in [0.29, 0.717) is 0 Å². The van der Waals surface area contributed by atoms with E-state index in [1.54, 1.807) is 0 Å². The van der Waals surface area contributed by atoms with Crippen LogP contribution < -0.4 is 0 Å². The van der Waals surface area contributed by atoms with Crippen LogP contribution in [-0.4, -0.2) is 33.3 Å². The van der Waals surface area contributed by atoms with Crippen LogP contribution in [0.2, 0.25) is 17.6 Å². The predicted molar refractivity (Wildman–Crippen MR) is 86.2 cm³/mol. The van der Waals surface area contributed by atoms with Gasteiger partial charge in [0.2, 0.25) is 0 Å². The number of hydrogen-bond acceptors (Lipinski definition) is 1. The molecule has 1 aliphatic heterocycles. The van der Waals surface area contributed by atoms with Crippen molar-refractivity contribution in [3.05, 3.63) is 12.2 Å². The summed E-state index contributed by atoms with van der Waals surface area (Å²) in [5.74, 6) is 0. The second-order valence-electron chi connectivity index (χ2n) is 5.83. The van der Waals surface area contributed by atoms with Crippen molar-refractivity contribution in [1.29, 1.82) is 0 Å². The minimum atomic E-state index is -0.550. The van der Waals surface area contributed by atoms with Crippen LogP contribution in [0.5, 0.6) is 0 Å². The molecular weight excluding hydrogens is 234 g/mol. The second-order valence-corrected chi connectivity index (χ2v) is 9.84. The van der Waals surface area contributed by atoms with Crippen LogP contribution in [-0.2, 0) is 0 Å². The molecule has 1 rings (SSSR count). The Balaban J connectivity index is 2.51. The van der Waals surface area contributed by atoms with Gasteiger partial charge in [0.15, 0.2) is 0 Å². The molecule has 1 saturated heterocycles. The minimum Gasteiger partial charge on any atom is -0.303 e. The fourth-order valence-electron chi connectivity index (χ4n) is 3.30. The molecule has 0 aromatic rings. The molecule has 0 radical (unpaired) electrons. The van der Waals surface area contributed by atoms with Crippen molar-refractivity contribution >= 4 is 8.80 Å². The maximum absolute atomic E-state index is 2.76. The molecule has 2 heteroatoms. The SMILES string of the molecule is C/C=C/C(CN1CCCCCCC1)[SiH](CC)CC. The first-order valence-corrected chi connectivity index (χ1v) is 10.5. The second kappa shape index (κ2) is 9.80. The lowest BCUT2D eigenvalue weighted by molar-refractivity contribution is 0.251. The summed E-state index contributed by atoms with van der Waals surface area (Å²) < 4.78 is 0. The van der Waals surface area contributed by atoms with E-state index in [1.807, 2.05) is 0 Å². The Kier molecular flexibility index (Phi) is 8.69. The third-order valence-electron chi connectivity index (χ3n) is 4.51. The smallest absolute Gasteiger partial charge is 0.0452 e. The monoisotopic (exact) mass is 267 g/mol. The average Bonchev–Trinajstić information content (AvgIpc) is 2.34. The molecule has 0 aromatic carbocycles. The van der Waals surface area contributed by atoms with Crippen molar-refractivity contribution in [1.82, 2.24) is 4.90 Å². The van der Waals surface area contributed by atoms with E-state index >= 15 is 0 Å². The third kappa shape index (κ3) is 5.70. The van der Waals surface area contributed by atoms with E-state index in [0.717, 1.165) is 5.54 Å². The van der Waals surface area contributed by atoms with Crippen molar-refractivity contribution in [2.75, 3.05) is 19.6 Å². The van der Waals surface area contributed by atoms with Gasteiger partial charge in [-0.05, 0) is 38.4 Å². The van der Waals surface area contributed by atoms with Crippen LogP contribution >= 0.6 is 0 Å². The maximum Gasteiger partial charge on any atom is 0.0452 e. The lowest BCUT2D eigenvalue weighted by Crippen LogP contribution is -2.34. The van der Waals surface area contributed by atoms with Crippen molar-refractivity contribution < 1.29 is 0 Å². The zero-order valence-corrected chi connectivity index (χ0v) is 14.0. The highest BCUT2D eigenvalue weighted by atomic mass is 28.3. The summed E-state index contributed by atoms with van der Waals surface area (Å²) >= 11 is 0. The van der Waals surface area contributed by atoms with Gasteiger partial charge in [-0.15, -0.1) is 0 Å². The fourth-order valence-corrected chi connectivity index (χ4v) is 6.22. The van der Waals surface area contributed by atoms with E-state index in [4.69, 9.17) is 0 Å². The first-order chi connectivity index (χ1) is 8.81. The Hall–Kier alpha value is -0.0831. The molecule has 1 atom stereocenters. The molecule has 1 unspecified atom stereocenters. The number of hydrogen-bond donors (Lipinski definition) is 0. The van der Waals surface area contributed by atoms with Crippen molar-refractivity contribution in [3.8, 4) is 0 Å². The molecule has 0 aliphatic carbocycles. The molecule has 0 N–H and O–H groups in total. The standard InChI is InChI=1S/C16H33NSi/c1-4-12-16(18(5-2)6-3)15-17-13-10-8-7-9-11-14-17/h4,12,16,18H,5-11,13-15H2,1-3H3/b12-4+. The van der Waals surface area contributed by atoms with Crippen LogP contribution in [0.3, 0.4) is 0 Å². The van der Waals surface area contributed by atoms with Gasteiger partial charge in [0.05, 0.1) is 0 Å². The first-order valence-electron chi connectivity index (χ1n) is 8.16. The van der Waals surface area contributed by atoms with Crippen LogP contribution in [0.1, 0.15) is 52.9 Å². The minimum absolute atomic E-state index is 0.550. The molecule has 1 heterocycles. The zero-order valence-electron chi connectivity index (χ0n) is 12.8. The molecule has 1 fully saturated rings. The van der Waals surface area contributed by atoms with Gasteiger partial charge in [-0.3, -0.25) is 0 Å². The van der Waals surface area contributed by atoms with Crippen LogP contribution in [0, 0.1) is 0 Å². The molecular formula is C16H33NSi. The number of likely N-dealkylation sites (tertiary alicyclic amines) is 1. The maximum atomic E-state index is 2.76. The van der Waals surface area contributed by atoms with Crippen molar-refractivity contribution in [3.63, 3.8) is 0 Å². The van der Waals surface area contributed by atoms with Crippen molar-refractivity contribution in [2.24, 2.45) is 0 Å². The van der Waals surface area contributed by atoms with Gasteiger partial charge >= 0.3 is 0 Å². The van der Waals surface area contributed by atoms with Gasteiger partial charge in [0.25, 0.3) is 0 Å². The molecule has 0 amide bonds. The number of rotatable bonds is 6. The van der Waals surface area contributed by atoms with E-state index in [2.05, 4.69) is 37.8 Å². The van der Waals surface area contributed by atoms with Gasteiger partial charge in [-0.1, -0.05) is 57.4 Å². The summed E-state index contributed by atoms with van der Waals surface area (Å²) in [6, 6.07) is 2.92. The summed E-state index contributed by atoms with van der Waals surface area (Å²) in [5.41, 5.74) is 0.907. The highest BCUT2D eigenvalue weighted by Crippen LogP contribution is 2.22. The molecule has 18 heavy (non-hydrogen) atoms. The third-order valence-corrected chi connectivity index (χ3v) is 8.25. The Bertz CT molecular complexity index is 215. The normalized spacial score (nSPS) is 21.1. The summed E-state index contributed by atoms with van der Waals surface area (Å²) in [4.78, 5) is 2.76. The van der Waals surface area contributed by atoms with E-state index in [1.165, 1.54) is 63.8 Å². The molecule has 106 valence electrons. The van der Waals surface area contributed by atoms with Gasteiger partial charge in [0, 0.05) is 15.3 Å². The fraction of sp³-hybridized carbons (Fsp3) is 0.875. The van der Waals surface area contributed by atoms with E-state index in [9.17, 15) is 0 Å². The van der Waals surface area contributed by atoms with Crippen LogP contribution in [0.4, 0.5) is 0 Å². The predicted octanol–water partition coefficient (Wildman–Crippen LogP) is 4.47. The summed E-state index contributed by atoms with van der Waals surface area (Å²) in [6.45, 7) is 11.1. The Morgan fingerprint density at radius 3 is 2.06 bits per heavy atom. The van der Waals surface area contributed by atoms with E-state index in [-0.39, 0.29) is 0 Å². The quantitative estimate of drug-likeness (QED) is 0.507. The van der Waals surface area contributed by atoms with Crippen LogP contribution in [0.25, 0.3) is 0 Å². The molecule has 0 aromatic heterocycles. The van der Waals surface area contributed by atoms with Crippen molar-refractivity contribution in [2.45, 2.75) is 70.5 Å². The Morgan fingerprint density at radius 2 is 1.56 bits per heavy atom. The largest absolute Gasteiger partial charge is 0.303 e. The summed E-state index contributed by atoms with van der Waals surface area (Å²) in [5, 5.41) is 0. The molecule has 1 nitrogen and oxygen atoms in total. The van der Waals surface area contributed by atoms with E-state index < -0.39 is 8.80 Å². The van der Waals surface area contributed by atoms with Gasteiger partial charge in [0.1, 0.15) is 0 Å². The highest BCUT2D eigenvalue weighted by Gasteiger charge is 2.20. The molecule has 0 bridgehead atoms. The molecule has 0 saturated carbocycles. The topological polar surface area (TPSA) is 3.24 Å². The number of allylic oxidation sites excluding steroid dienone is 1. The number of nitrogens with zero attached hydrogens (tertiary/aromatic N) is 1. The first kappa shape index (κ1) is 16.0. The highest BCUT2D eigenvalue weighted by molar-refractivity contribution is 6.60. The van der Waals surface area contributed by atoms with Gasteiger partial charge in [-0.25, -0.2) is 0 Å². The molecule has 1 aliphatic rings. The van der Waals surface area contributed by atoms with Crippen LogP contribution in [0.15, 0.2) is 12.2 Å². The summed E-state index contributed by atoms with van der Waals surface area (Å²) in [7, 11) is -0.550. The Morgan fingerprint density at radius 1 is 1.00 bits per heavy atom. The zero-order chi connectivity index (χ0) is 13.2. The van der Waals surface area contributed by atoms with Gasteiger partial charge in [-0.2, -0.15) is 0 Å². The molecule has 0 spiro atoms. The lowest BCUT2D eigenvalue weighted by atomic mass is 10.1. The Labute approximate surface area is 116 Å². The summed E-state index contributed by atoms with van der Waals surface area (Å²) in [6.07, 6.45) is 12.0. The van der Waals surface area contributed by atoms with Gasteiger partial charge < -0.3 is 4.90 Å².